The lowest BCUT2D eigenvalue weighted by atomic mass is 10.0. The third kappa shape index (κ3) is 2.60. The fourth-order valence-electron chi connectivity index (χ4n) is 3.37. The molecule has 0 bridgehead atoms. The van der Waals surface area contributed by atoms with Gasteiger partial charge in [0.25, 0.3) is 0 Å². The Morgan fingerprint density at radius 1 is 0.789 bits per heavy atom. The summed E-state index contributed by atoms with van der Waals surface area (Å²) in [6, 6.07) is 22.3. The van der Waals surface area contributed by atoms with Gasteiger partial charge in [-0.1, -0.05) is 75.5 Å². The highest BCUT2D eigenvalue weighted by Crippen LogP contribution is 2.69. The summed E-state index contributed by atoms with van der Waals surface area (Å²) in [6.07, 6.45) is 4.07. The van der Waals surface area contributed by atoms with Gasteiger partial charge in [0.1, 0.15) is 0 Å². The molecule has 0 spiro atoms. The molecule has 19 heavy (non-hydrogen) atoms. The van der Waals surface area contributed by atoms with Crippen molar-refractivity contribution >= 4 is 7.92 Å². The van der Waals surface area contributed by atoms with Crippen molar-refractivity contribution in [2.24, 2.45) is 0 Å². The molecule has 98 valence electrons. The second-order valence-corrected chi connectivity index (χ2v) is 8.17. The molecular formula is C18H21P. The van der Waals surface area contributed by atoms with Crippen LogP contribution < -0.4 is 0 Å². The molecule has 1 heterocycles. The van der Waals surface area contributed by atoms with Crippen LogP contribution in [0.15, 0.2) is 60.7 Å². The van der Waals surface area contributed by atoms with E-state index < -0.39 is 0 Å². The first-order valence-corrected chi connectivity index (χ1v) is 8.92. The van der Waals surface area contributed by atoms with E-state index in [2.05, 4.69) is 67.6 Å². The number of hydrogen-bond acceptors (Lipinski definition) is 0. The second kappa shape index (κ2) is 5.88. The molecule has 1 aliphatic rings. The van der Waals surface area contributed by atoms with Crippen molar-refractivity contribution < 1.29 is 0 Å². The van der Waals surface area contributed by atoms with Crippen LogP contribution in [-0.2, 0) is 0 Å². The van der Waals surface area contributed by atoms with Crippen LogP contribution in [0.25, 0.3) is 0 Å². The Morgan fingerprint density at radius 3 is 1.58 bits per heavy atom. The Hall–Kier alpha value is -1.13. The molecule has 0 N–H and O–H groups in total. The van der Waals surface area contributed by atoms with Crippen LogP contribution in [0.4, 0.5) is 0 Å². The first-order chi connectivity index (χ1) is 9.40. The van der Waals surface area contributed by atoms with E-state index in [4.69, 9.17) is 0 Å². The minimum atomic E-state index is 0.0777. The summed E-state index contributed by atoms with van der Waals surface area (Å²) in [5.41, 5.74) is 4.75. The zero-order valence-corrected chi connectivity index (χ0v) is 12.4. The normalized spacial score (nSPS) is 26.5. The summed E-state index contributed by atoms with van der Waals surface area (Å²) >= 11 is 0. The summed E-state index contributed by atoms with van der Waals surface area (Å²) in [7, 11) is 0.0777. The molecule has 1 heteroatoms. The Balaban J connectivity index is 1.87. The Morgan fingerprint density at radius 2 is 1.21 bits per heavy atom. The van der Waals surface area contributed by atoms with E-state index in [0.717, 1.165) is 11.3 Å². The van der Waals surface area contributed by atoms with Crippen LogP contribution in [0.5, 0.6) is 0 Å². The fourth-order valence-corrected chi connectivity index (χ4v) is 6.76. The highest BCUT2D eigenvalue weighted by Gasteiger charge is 2.35. The van der Waals surface area contributed by atoms with Gasteiger partial charge < -0.3 is 0 Å². The summed E-state index contributed by atoms with van der Waals surface area (Å²) in [5, 5.41) is 0. The monoisotopic (exact) mass is 268 g/mol. The molecule has 0 radical (unpaired) electrons. The maximum absolute atomic E-state index is 2.38. The van der Waals surface area contributed by atoms with E-state index in [9.17, 15) is 0 Å². The van der Waals surface area contributed by atoms with Gasteiger partial charge in [-0.2, -0.15) is 0 Å². The lowest BCUT2D eigenvalue weighted by Crippen LogP contribution is -1.96. The van der Waals surface area contributed by atoms with Crippen molar-refractivity contribution in [3.8, 4) is 0 Å². The lowest BCUT2D eigenvalue weighted by Gasteiger charge is -2.25. The van der Waals surface area contributed by atoms with Crippen LogP contribution >= 0.6 is 7.92 Å². The van der Waals surface area contributed by atoms with Crippen molar-refractivity contribution in [3.05, 3.63) is 71.8 Å². The molecule has 2 aromatic carbocycles. The Labute approximate surface area is 117 Å². The van der Waals surface area contributed by atoms with Crippen molar-refractivity contribution in [2.45, 2.75) is 31.1 Å². The van der Waals surface area contributed by atoms with Gasteiger partial charge in [-0.15, -0.1) is 0 Å². The smallest absolute Gasteiger partial charge is 0.00475 e. The molecule has 1 fully saturated rings. The van der Waals surface area contributed by atoms with Gasteiger partial charge in [0.05, 0.1) is 0 Å². The standard InChI is InChI=1S/C18H21P/c1-2-19-17(15-9-5-3-6-10-15)13-14-18(19)16-11-7-4-8-12-16/h3-12,17-18H,2,13-14H2,1H3. The third-order valence-corrected chi connectivity index (χ3v) is 7.69. The van der Waals surface area contributed by atoms with E-state index in [1.54, 1.807) is 11.1 Å². The van der Waals surface area contributed by atoms with Crippen molar-refractivity contribution in [2.75, 3.05) is 6.16 Å². The summed E-state index contributed by atoms with van der Waals surface area (Å²) < 4.78 is 0. The number of hydrogen-bond donors (Lipinski definition) is 0. The molecule has 3 rings (SSSR count). The largest absolute Gasteiger partial charge is 0.0916 e. The van der Waals surface area contributed by atoms with Gasteiger partial charge in [0, 0.05) is 11.3 Å². The van der Waals surface area contributed by atoms with E-state index in [0.29, 0.717) is 0 Å². The van der Waals surface area contributed by atoms with E-state index in [-0.39, 0.29) is 7.92 Å². The average molecular weight is 268 g/mol. The van der Waals surface area contributed by atoms with E-state index >= 15 is 0 Å². The fraction of sp³-hybridized carbons (Fsp3) is 0.333. The maximum atomic E-state index is 2.38. The maximum Gasteiger partial charge on any atom is 0.00475 e. The summed E-state index contributed by atoms with van der Waals surface area (Å²) in [5.74, 6) is 0. The number of rotatable bonds is 3. The van der Waals surface area contributed by atoms with Gasteiger partial charge >= 0.3 is 0 Å². The van der Waals surface area contributed by atoms with Gasteiger partial charge in [-0.05, 0) is 30.1 Å². The van der Waals surface area contributed by atoms with Crippen LogP contribution in [0.3, 0.4) is 0 Å². The molecule has 2 aromatic rings. The predicted octanol–water partition coefficient (Wildman–Crippen LogP) is 5.76. The summed E-state index contributed by atoms with van der Waals surface area (Å²) in [6.45, 7) is 2.38. The minimum Gasteiger partial charge on any atom is -0.0916 e. The van der Waals surface area contributed by atoms with Crippen LogP contribution in [0.1, 0.15) is 42.2 Å². The van der Waals surface area contributed by atoms with E-state index in [1.165, 1.54) is 19.0 Å². The molecule has 2 unspecified atom stereocenters. The SMILES string of the molecule is CCP1C(c2ccccc2)CCC1c1ccccc1. The average Bonchev–Trinajstić information content (AvgIpc) is 2.93. The van der Waals surface area contributed by atoms with Crippen molar-refractivity contribution in [3.63, 3.8) is 0 Å². The van der Waals surface area contributed by atoms with Gasteiger partial charge in [0.2, 0.25) is 0 Å². The van der Waals surface area contributed by atoms with Crippen LogP contribution in [0.2, 0.25) is 0 Å². The third-order valence-electron chi connectivity index (χ3n) is 4.25. The molecule has 0 amide bonds. The molecular weight excluding hydrogens is 247 g/mol. The van der Waals surface area contributed by atoms with Gasteiger partial charge in [-0.3, -0.25) is 0 Å². The van der Waals surface area contributed by atoms with Crippen molar-refractivity contribution in [1.82, 2.24) is 0 Å². The molecule has 0 nitrogen and oxygen atoms in total. The van der Waals surface area contributed by atoms with E-state index in [1.807, 2.05) is 0 Å². The Kier molecular flexibility index (Phi) is 3.99. The highest BCUT2D eigenvalue weighted by atomic mass is 31.1. The molecule has 1 saturated heterocycles. The molecule has 1 aliphatic heterocycles. The highest BCUT2D eigenvalue weighted by molar-refractivity contribution is 7.58. The predicted molar refractivity (Wildman–Crippen MR) is 85.1 cm³/mol. The first-order valence-electron chi connectivity index (χ1n) is 7.25. The lowest BCUT2D eigenvalue weighted by molar-refractivity contribution is 0.765. The Bertz CT molecular complexity index is 458. The zero-order chi connectivity index (χ0) is 13.1. The molecule has 0 aromatic heterocycles. The van der Waals surface area contributed by atoms with Gasteiger partial charge in [0.15, 0.2) is 0 Å². The first kappa shape index (κ1) is 12.9. The van der Waals surface area contributed by atoms with Crippen LogP contribution in [0, 0.1) is 0 Å². The molecule has 0 aliphatic carbocycles. The van der Waals surface area contributed by atoms with Crippen LogP contribution in [-0.4, -0.2) is 6.16 Å². The minimum absolute atomic E-state index is 0.0777. The van der Waals surface area contributed by atoms with Gasteiger partial charge in [-0.25, -0.2) is 0 Å². The molecule has 2 atom stereocenters. The zero-order valence-electron chi connectivity index (χ0n) is 11.5. The summed E-state index contributed by atoms with van der Waals surface area (Å²) in [4.78, 5) is 0. The number of benzene rings is 2. The van der Waals surface area contributed by atoms with Crippen molar-refractivity contribution in [1.29, 1.82) is 0 Å². The molecule has 0 saturated carbocycles. The second-order valence-electron chi connectivity index (χ2n) is 5.26. The quantitative estimate of drug-likeness (QED) is 0.620. The topological polar surface area (TPSA) is 0 Å².